The summed E-state index contributed by atoms with van der Waals surface area (Å²) < 4.78 is 3.35. The number of benzene rings is 2. The van der Waals surface area contributed by atoms with Crippen molar-refractivity contribution in [3.05, 3.63) is 111 Å². The van der Waals surface area contributed by atoms with E-state index in [1.165, 1.54) is 17.0 Å². The Labute approximate surface area is 212 Å². The Kier molecular flexibility index (Phi) is 5.99. The van der Waals surface area contributed by atoms with Gasteiger partial charge in [-0.15, -0.1) is 0 Å². The molecule has 1 saturated heterocycles. The highest BCUT2D eigenvalue weighted by Crippen LogP contribution is 2.43. The Hall–Kier alpha value is -2.67. The first-order valence-corrected chi connectivity index (χ1v) is 12.2. The topological polar surface area (TPSA) is 33.1 Å². The van der Waals surface area contributed by atoms with Crippen molar-refractivity contribution in [2.24, 2.45) is 0 Å². The second-order valence-electron chi connectivity index (χ2n) is 8.11. The molecule has 4 aromatic rings. The van der Waals surface area contributed by atoms with Crippen molar-refractivity contribution in [3.63, 3.8) is 0 Å². The lowest BCUT2D eigenvalue weighted by molar-refractivity contribution is 0.565. The fraction of sp³-hybridized carbons (Fsp3) is 0.154. The summed E-state index contributed by atoms with van der Waals surface area (Å²) in [5.41, 5.74) is 6.61. The normalized spacial score (nSPS) is 17.9. The lowest BCUT2D eigenvalue weighted by Gasteiger charge is -2.28. The average Bonchev–Trinajstić information content (AvgIpc) is 3.31. The van der Waals surface area contributed by atoms with Crippen molar-refractivity contribution in [1.29, 1.82) is 0 Å². The maximum Gasteiger partial charge on any atom is 0.174 e. The van der Waals surface area contributed by atoms with Crippen molar-refractivity contribution in [3.8, 4) is 5.69 Å². The second-order valence-corrected chi connectivity index (χ2v) is 9.85. The van der Waals surface area contributed by atoms with E-state index in [4.69, 9.17) is 23.8 Å². The lowest BCUT2D eigenvalue weighted by Crippen LogP contribution is -2.29. The molecule has 0 radical (unpaired) electrons. The molecule has 0 unspecified atom stereocenters. The highest BCUT2D eigenvalue weighted by Gasteiger charge is 2.42. The van der Waals surface area contributed by atoms with Crippen LogP contribution in [-0.2, 0) is 0 Å². The van der Waals surface area contributed by atoms with Gasteiger partial charge in [-0.2, -0.15) is 0 Å². The van der Waals surface area contributed by atoms with Crippen LogP contribution in [0, 0.1) is 13.8 Å². The minimum Gasteiger partial charge on any atom is -0.351 e. The van der Waals surface area contributed by atoms with Crippen LogP contribution in [0.4, 0.5) is 5.69 Å². The number of nitrogens with zero attached hydrogens (tertiary/aromatic N) is 3. The first-order chi connectivity index (χ1) is 15.9. The van der Waals surface area contributed by atoms with E-state index in [9.17, 15) is 0 Å². The third-order valence-electron chi connectivity index (χ3n) is 6.08. The SMILES string of the molecule is Cc1cc([C@@H]2[C@H](c3ccccn3)NC(=S)N2c2ccc(Cl)cc2)c(C)n1-c1ccc(Br)cc1. The Bertz CT molecular complexity index is 1300. The van der Waals surface area contributed by atoms with Crippen LogP contribution in [0.15, 0.2) is 83.5 Å². The quantitative estimate of drug-likeness (QED) is 0.282. The van der Waals surface area contributed by atoms with Crippen molar-refractivity contribution < 1.29 is 0 Å². The molecule has 3 heterocycles. The molecule has 5 rings (SSSR count). The molecule has 7 heteroatoms. The van der Waals surface area contributed by atoms with Crippen LogP contribution in [0.3, 0.4) is 0 Å². The number of nitrogens with one attached hydrogen (secondary N) is 1. The monoisotopic (exact) mass is 536 g/mol. The van der Waals surface area contributed by atoms with Crippen LogP contribution in [0.25, 0.3) is 5.69 Å². The van der Waals surface area contributed by atoms with Gasteiger partial charge in [0.25, 0.3) is 0 Å². The molecule has 33 heavy (non-hydrogen) atoms. The van der Waals surface area contributed by atoms with Gasteiger partial charge in [-0.05, 0) is 98.4 Å². The van der Waals surface area contributed by atoms with Gasteiger partial charge in [-0.1, -0.05) is 33.6 Å². The molecular formula is C26H22BrClN4S. The molecule has 1 aliphatic rings. The van der Waals surface area contributed by atoms with E-state index in [2.05, 4.69) is 79.9 Å². The summed E-state index contributed by atoms with van der Waals surface area (Å²) in [4.78, 5) is 6.84. The molecule has 166 valence electrons. The van der Waals surface area contributed by atoms with Crippen LogP contribution in [0.1, 0.15) is 34.7 Å². The fourth-order valence-electron chi connectivity index (χ4n) is 4.63. The minimum absolute atomic E-state index is 0.0658. The van der Waals surface area contributed by atoms with E-state index in [1.54, 1.807) is 0 Å². The highest BCUT2D eigenvalue weighted by atomic mass is 79.9. The number of aryl methyl sites for hydroxylation is 1. The largest absolute Gasteiger partial charge is 0.351 e. The first kappa shape index (κ1) is 22.1. The van der Waals surface area contributed by atoms with Crippen molar-refractivity contribution in [2.75, 3.05) is 4.90 Å². The Morgan fingerprint density at radius 2 is 1.67 bits per heavy atom. The van der Waals surface area contributed by atoms with Gasteiger partial charge in [-0.3, -0.25) is 4.98 Å². The van der Waals surface area contributed by atoms with E-state index in [-0.39, 0.29) is 12.1 Å². The molecule has 0 saturated carbocycles. The van der Waals surface area contributed by atoms with Gasteiger partial charge in [0.2, 0.25) is 0 Å². The van der Waals surface area contributed by atoms with Gasteiger partial charge in [0.1, 0.15) is 0 Å². The summed E-state index contributed by atoms with van der Waals surface area (Å²) in [5, 5.41) is 4.90. The van der Waals surface area contributed by atoms with Crippen LogP contribution in [-0.4, -0.2) is 14.7 Å². The fourth-order valence-corrected chi connectivity index (χ4v) is 5.36. The number of rotatable bonds is 4. The Morgan fingerprint density at radius 1 is 0.970 bits per heavy atom. The first-order valence-electron chi connectivity index (χ1n) is 10.6. The molecule has 1 N–H and O–H groups in total. The van der Waals surface area contributed by atoms with Gasteiger partial charge in [0.05, 0.1) is 17.8 Å². The standard InChI is InChI=1S/C26H22BrClN4S/c1-16-15-22(17(2)31(16)20-10-6-18(27)7-11-20)25-24(23-5-3-4-14-29-23)30-26(33)32(25)21-12-8-19(28)9-13-21/h3-15,24-25H,1-2H3,(H,30,33)/t24-,25+/m0/s1. The predicted molar refractivity (Wildman–Crippen MR) is 142 cm³/mol. The second kappa shape index (κ2) is 8.93. The summed E-state index contributed by atoms with van der Waals surface area (Å²) in [7, 11) is 0. The van der Waals surface area contributed by atoms with E-state index in [0.717, 1.165) is 21.5 Å². The number of hydrogen-bond donors (Lipinski definition) is 1. The van der Waals surface area contributed by atoms with Gasteiger partial charge in [0.15, 0.2) is 5.11 Å². The van der Waals surface area contributed by atoms with Crippen LogP contribution >= 0.6 is 39.7 Å². The Balaban J connectivity index is 1.67. The zero-order valence-corrected chi connectivity index (χ0v) is 21.3. The smallest absolute Gasteiger partial charge is 0.174 e. The molecule has 0 amide bonds. The average molecular weight is 538 g/mol. The van der Waals surface area contributed by atoms with E-state index < -0.39 is 0 Å². The molecule has 0 spiro atoms. The predicted octanol–water partition coefficient (Wildman–Crippen LogP) is 7.08. The molecule has 1 fully saturated rings. The summed E-state index contributed by atoms with van der Waals surface area (Å²) >= 11 is 15.6. The number of halogens is 2. The molecule has 2 atom stereocenters. The molecule has 1 aliphatic heterocycles. The molecular weight excluding hydrogens is 516 g/mol. The number of pyridine rings is 1. The zero-order chi connectivity index (χ0) is 23.1. The summed E-state index contributed by atoms with van der Waals surface area (Å²) in [6.07, 6.45) is 1.83. The van der Waals surface area contributed by atoms with Crippen molar-refractivity contribution in [1.82, 2.24) is 14.9 Å². The molecule has 4 nitrogen and oxygen atoms in total. The van der Waals surface area contributed by atoms with E-state index in [1.807, 2.05) is 48.7 Å². The maximum absolute atomic E-state index is 6.18. The third kappa shape index (κ3) is 4.07. The van der Waals surface area contributed by atoms with Gasteiger partial charge in [-0.25, -0.2) is 0 Å². The van der Waals surface area contributed by atoms with Crippen molar-refractivity contribution in [2.45, 2.75) is 25.9 Å². The number of hydrogen-bond acceptors (Lipinski definition) is 2. The Morgan fingerprint density at radius 3 is 2.33 bits per heavy atom. The maximum atomic E-state index is 6.18. The summed E-state index contributed by atoms with van der Waals surface area (Å²) in [5.74, 6) is 0. The van der Waals surface area contributed by atoms with E-state index >= 15 is 0 Å². The molecule has 2 aromatic heterocycles. The van der Waals surface area contributed by atoms with Crippen LogP contribution in [0.2, 0.25) is 5.02 Å². The van der Waals surface area contributed by atoms with Crippen LogP contribution < -0.4 is 10.2 Å². The van der Waals surface area contributed by atoms with E-state index in [0.29, 0.717) is 10.1 Å². The number of aromatic nitrogens is 2. The summed E-state index contributed by atoms with van der Waals surface area (Å²) in [6, 6.07) is 24.3. The zero-order valence-electron chi connectivity index (χ0n) is 18.2. The van der Waals surface area contributed by atoms with Crippen LogP contribution in [0.5, 0.6) is 0 Å². The number of anilines is 1. The molecule has 0 bridgehead atoms. The third-order valence-corrected chi connectivity index (χ3v) is 7.17. The molecule has 0 aliphatic carbocycles. The van der Waals surface area contributed by atoms with Gasteiger partial charge < -0.3 is 14.8 Å². The lowest BCUT2D eigenvalue weighted by atomic mass is 9.96. The minimum atomic E-state index is -0.0896. The van der Waals surface area contributed by atoms with Crippen molar-refractivity contribution >= 4 is 50.5 Å². The highest BCUT2D eigenvalue weighted by molar-refractivity contribution is 9.10. The van der Waals surface area contributed by atoms with Gasteiger partial charge >= 0.3 is 0 Å². The molecule has 2 aromatic carbocycles. The summed E-state index contributed by atoms with van der Waals surface area (Å²) in [6.45, 7) is 4.31. The number of thiocarbonyl (C=S) groups is 1. The van der Waals surface area contributed by atoms with Gasteiger partial charge in [0, 0.05) is 38.5 Å².